The molecular weight excluding hydrogens is 807 g/mol. The van der Waals surface area contributed by atoms with Gasteiger partial charge in [0.2, 0.25) is 0 Å². The molecule has 2 aliphatic carbocycles. The predicted molar refractivity (Wildman–Crippen MR) is 221 cm³/mol. The van der Waals surface area contributed by atoms with Crippen molar-refractivity contribution in [2.45, 2.75) is 148 Å². The number of aliphatic hydroxyl groups excluding tert-OH is 1. The fourth-order valence-corrected chi connectivity index (χ4v) is 16.3. The number of amides is 3. The second kappa shape index (κ2) is 24.7. The average Bonchev–Trinajstić information content (AvgIpc) is 3.10. The zero-order chi connectivity index (χ0) is 41.3. The van der Waals surface area contributed by atoms with E-state index in [0.717, 1.165) is 64.2 Å². The molecule has 3 amide bonds. The van der Waals surface area contributed by atoms with Crippen molar-refractivity contribution in [2.24, 2.45) is 41.1 Å². The molecule has 0 saturated heterocycles. The van der Waals surface area contributed by atoms with Crippen LogP contribution in [0.1, 0.15) is 112 Å². The molecule has 0 aromatic carbocycles. The van der Waals surface area contributed by atoms with Gasteiger partial charge in [-0.1, -0.05) is 27.7 Å². The van der Waals surface area contributed by atoms with Gasteiger partial charge in [-0.05, 0) is 5.92 Å². The summed E-state index contributed by atoms with van der Waals surface area (Å²) >= 11 is -1.52. The number of hydrogen-bond donors (Lipinski definition) is 7. The van der Waals surface area contributed by atoms with Gasteiger partial charge < -0.3 is 5.73 Å². The van der Waals surface area contributed by atoms with E-state index < -0.39 is 78.5 Å². The van der Waals surface area contributed by atoms with Crippen LogP contribution in [-0.2, 0) is 32.8 Å². The quantitative estimate of drug-likeness (QED) is 0.0517. The standard InChI is InChI=1S/C38H74AsN5O9P2/c1-25(2)17-32(43-38(49)34(41)26(3)4)37(48)42-20-30(45)23-55(52,22-29-15-11-8-12-16-29)53-31(24-54(50,51)21-28-13-9-7-10-14-28)18-39-36(47)35(27(5)6)44-33(46)19-40/h25-32,34-35,39,45H,7-24,40-41H2,1-6H3,(H,42,48)(H,43,49)(H,44,46)(H,50,51)/t30-,31+,32+,34+,35+,55?/m1/s1. The van der Waals surface area contributed by atoms with Crippen molar-refractivity contribution in [1.29, 1.82) is 0 Å². The minimum atomic E-state index is -3.77. The van der Waals surface area contributed by atoms with Gasteiger partial charge in [0, 0.05) is 0 Å². The Morgan fingerprint density at radius 1 is 0.818 bits per heavy atom. The Labute approximate surface area is 336 Å². The molecule has 9 N–H and O–H groups in total. The minimum absolute atomic E-state index is 0.0701. The molecule has 0 heterocycles. The zero-order valence-electron chi connectivity index (χ0n) is 34.3. The molecule has 0 aliphatic heterocycles. The van der Waals surface area contributed by atoms with Gasteiger partial charge in [-0.25, -0.2) is 0 Å². The van der Waals surface area contributed by atoms with E-state index in [1.807, 2.05) is 41.5 Å². The number of rotatable bonds is 25. The van der Waals surface area contributed by atoms with Crippen LogP contribution < -0.4 is 27.4 Å². The zero-order valence-corrected chi connectivity index (χ0v) is 38.2. The van der Waals surface area contributed by atoms with Gasteiger partial charge in [0.15, 0.2) is 0 Å². The van der Waals surface area contributed by atoms with E-state index >= 15 is 0 Å². The molecule has 8 atom stereocenters. The number of hydrogen-bond acceptors (Lipinski definition) is 10. The summed E-state index contributed by atoms with van der Waals surface area (Å²) in [5.41, 5.74) is 11.5. The van der Waals surface area contributed by atoms with Crippen LogP contribution in [0.15, 0.2) is 0 Å². The summed E-state index contributed by atoms with van der Waals surface area (Å²) in [5, 5.41) is 19.6. The number of carbonyl (C=O) groups is 4. The second-order valence-electron chi connectivity index (χ2n) is 17.2. The Balaban J connectivity index is 2.32. The van der Waals surface area contributed by atoms with Crippen molar-refractivity contribution in [2.75, 3.05) is 37.7 Å². The Hall–Kier alpha value is -1.10. The first-order chi connectivity index (χ1) is 25.7. The monoisotopic (exact) mass is 881 g/mol. The third-order valence-electron chi connectivity index (χ3n) is 10.7. The summed E-state index contributed by atoms with van der Waals surface area (Å²) in [6.45, 7) is 10.6. The Bertz CT molecular complexity index is 1310. The van der Waals surface area contributed by atoms with E-state index in [9.17, 15) is 38.3 Å². The first-order valence-corrected chi connectivity index (χ1v) is 27.2. The van der Waals surface area contributed by atoms with Crippen LogP contribution in [0.5, 0.6) is 0 Å². The van der Waals surface area contributed by atoms with E-state index in [1.165, 1.54) is 0 Å². The number of aliphatic hydroxyl groups is 1. The van der Waals surface area contributed by atoms with Gasteiger partial charge in [0.25, 0.3) is 0 Å². The van der Waals surface area contributed by atoms with Gasteiger partial charge >= 0.3 is 288 Å². The van der Waals surface area contributed by atoms with Crippen molar-refractivity contribution in [1.82, 2.24) is 16.0 Å². The van der Waals surface area contributed by atoms with Crippen molar-refractivity contribution in [3.8, 4) is 0 Å². The summed E-state index contributed by atoms with van der Waals surface area (Å²) in [4.78, 5) is 63.1. The van der Waals surface area contributed by atoms with Crippen LogP contribution in [-0.4, -0.2) is 116 Å². The third kappa shape index (κ3) is 19.5. The van der Waals surface area contributed by atoms with Gasteiger partial charge in [0.05, 0.1) is 6.04 Å². The second-order valence-corrected chi connectivity index (χ2v) is 24.8. The van der Waals surface area contributed by atoms with Crippen molar-refractivity contribution >= 4 is 52.8 Å². The molecule has 0 radical (unpaired) electrons. The maximum absolute atomic E-state index is 15.0. The fourth-order valence-electron chi connectivity index (χ4n) is 7.59. The van der Waals surface area contributed by atoms with Crippen LogP contribution >= 0.6 is 14.7 Å². The Kier molecular flexibility index (Phi) is 22.5. The van der Waals surface area contributed by atoms with E-state index in [4.69, 9.17) is 16.0 Å². The third-order valence-corrected chi connectivity index (χ3v) is 18.2. The molecule has 14 nitrogen and oxygen atoms in total. The normalized spacial score (nSPS) is 21.1. The Morgan fingerprint density at radius 3 is 1.89 bits per heavy atom. The van der Waals surface area contributed by atoms with Gasteiger partial charge in [0.1, 0.15) is 0 Å². The molecule has 0 bridgehead atoms. The molecule has 2 aliphatic rings. The van der Waals surface area contributed by atoms with E-state index in [2.05, 4.69) is 16.0 Å². The summed E-state index contributed by atoms with van der Waals surface area (Å²) in [6.07, 6.45) is 7.52. The molecule has 17 heteroatoms. The summed E-state index contributed by atoms with van der Waals surface area (Å²) in [7, 11) is -7.48. The molecule has 2 fully saturated rings. The van der Waals surface area contributed by atoms with Crippen LogP contribution in [0, 0.1) is 29.6 Å². The maximum atomic E-state index is 15.0. The van der Waals surface area contributed by atoms with Gasteiger partial charge in [-0.3, -0.25) is 4.79 Å². The molecule has 2 saturated carbocycles. The van der Waals surface area contributed by atoms with Crippen molar-refractivity contribution in [3.05, 3.63) is 0 Å². The molecule has 3 unspecified atom stereocenters. The molecule has 0 spiro atoms. The molecule has 55 heavy (non-hydrogen) atoms. The number of carbonyl (C=O) groups excluding carboxylic acids is 4. The van der Waals surface area contributed by atoms with Gasteiger partial charge in [-0.15, -0.1) is 0 Å². The fraction of sp³-hybridized carbons (Fsp3) is 0.895. The first kappa shape index (κ1) is 50.0. The average molecular weight is 882 g/mol. The van der Waals surface area contributed by atoms with E-state index in [0.29, 0.717) is 6.42 Å². The van der Waals surface area contributed by atoms with Crippen LogP contribution in [0.3, 0.4) is 0 Å². The molecule has 0 aromatic heterocycles. The topological polar surface area (TPSA) is 240 Å². The van der Waals surface area contributed by atoms with Crippen LogP contribution in [0.25, 0.3) is 0 Å². The van der Waals surface area contributed by atoms with Crippen LogP contribution in [0.2, 0.25) is 5.21 Å². The first-order valence-electron chi connectivity index (χ1n) is 20.6. The van der Waals surface area contributed by atoms with Crippen molar-refractivity contribution < 1.29 is 42.8 Å². The number of nitrogens with one attached hydrogen (secondary N) is 3. The predicted octanol–water partition coefficient (Wildman–Crippen LogP) is 3.55. The van der Waals surface area contributed by atoms with E-state index in [-0.39, 0.29) is 77.1 Å². The Morgan fingerprint density at radius 2 is 1.38 bits per heavy atom. The number of nitrogens with two attached hydrogens (primary N) is 2. The summed E-state index contributed by atoms with van der Waals surface area (Å²) in [6, 6.07) is -2.43. The molecule has 2 rings (SSSR count). The van der Waals surface area contributed by atoms with Crippen LogP contribution in [0.4, 0.5) is 0 Å². The SMILES string of the molecule is CC(C)C[C@H](NC(=O)[C@@H](N)C(C)C)C(=O)NC[C@@H](O)CP(=O)(CC1CCCCC1)O[C@@H](C[AsH]C(=O)[C@@H](NC(=O)CN)C(C)C)CP(=O)(O)CC1CCCCC1. The van der Waals surface area contributed by atoms with Crippen molar-refractivity contribution in [3.63, 3.8) is 0 Å². The molecule has 0 aromatic rings. The summed E-state index contributed by atoms with van der Waals surface area (Å²) in [5.74, 6) is -1.46. The van der Waals surface area contributed by atoms with Gasteiger partial charge in [-0.2, -0.15) is 0 Å². The molecular formula is C38H74AsN5O9P2. The summed E-state index contributed by atoms with van der Waals surface area (Å²) < 4.78 is 35.2. The van der Waals surface area contributed by atoms with E-state index in [1.54, 1.807) is 0 Å². The molecule has 320 valence electrons.